The molecule has 4 nitrogen and oxygen atoms in total. The summed E-state index contributed by atoms with van der Waals surface area (Å²) in [7, 11) is 0. The Morgan fingerprint density at radius 3 is 3.00 bits per heavy atom. The number of para-hydroxylation sites is 1. The molecule has 0 aliphatic rings. The third-order valence-corrected chi connectivity index (χ3v) is 3.35. The Hall–Kier alpha value is -1.33. The molecule has 0 bridgehead atoms. The Bertz CT molecular complexity index is 538. The number of rotatable bonds is 5. The highest BCUT2D eigenvalue weighted by molar-refractivity contribution is 9.09. The van der Waals surface area contributed by atoms with Crippen LogP contribution >= 0.6 is 15.9 Å². The quantitative estimate of drug-likeness (QED) is 0.733. The Morgan fingerprint density at radius 2 is 2.22 bits per heavy atom. The summed E-state index contributed by atoms with van der Waals surface area (Å²) in [6.45, 7) is 0.490. The van der Waals surface area contributed by atoms with Gasteiger partial charge < -0.3 is 16.0 Å². The molecule has 4 N–H and O–H groups in total. The fourth-order valence-corrected chi connectivity index (χ4v) is 2.15. The van der Waals surface area contributed by atoms with Crippen LogP contribution in [0.3, 0.4) is 0 Å². The van der Waals surface area contributed by atoms with Gasteiger partial charge in [0.25, 0.3) is 0 Å². The van der Waals surface area contributed by atoms with E-state index in [0.29, 0.717) is 11.9 Å². The highest BCUT2D eigenvalue weighted by Crippen LogP contribution is 2.18. The van der Waals surface area contributed by atoms with Gasteiger partial charge in [-0.2, -0.15) is 0 Å². The first kappa shape index (κ1) is 13.1. The fraction of sp³-hybridized carbons (Fsp3) is 0.308. The number of carbonyl (C=O) groups excluding carboxylic acids is 1. The van der Waals surface area contributed by atoms with Crippen LogP contribution in [-0.4, -0.2) is 28.8 Å². The lowest BCUT2D eigenvalue weighted by Crippen LogP contribution is -2.38. The molecular weight excluding hydrogens is 294 g/mol. The number of fused-ring (bicyclic) bond motifs is 1. The second-order valence-corrected chi connectivity index (χ2v) is 4.82. The van der Waals surface area contributed by atoms with Crippen LogP contribution in [0.25, 0.3) is 10.9 Å². The smallest absolute Gasteiger partial charge is 0.230 e. The first-order valence-corrected chi connectivity index (χ1v) is 6.96. The van der Waals surface area contributed by atoms with E-state index >= 15 is 0 Å². The van der Waals surface area contributed by atoms with Crippen molar-refractivity contribution in [3.05, 3.63) is 36.0 Å². The van der Waals surface area contributed by atoms with Crippen molar-refractivity contribution in [2.24, 2.45) is 5.73 Å². The molecule has 0 radical (unpaired) electrons. The topological polar surface area (TPSA) is 70.9 Å². The highest BCUT2D eigenvalue weighted by atomic mass is 79.9. The van der Waals surface area contributed by atoms with Crippen LogP contribution in [0.5, 0.6) is 0 Å². The van der Waals surface area contributed by atoms with Crippen LogP contribution in [0.15, 0.2) is 30.5 Å². The summed E-state index contributed by atoms with van der Waals surface area (Å²) >= 11 is 3.10. The molecule has 0 fully saturated rings. The minimum Gasteiger partial charge on any atom is -0.361 e. The molecule has 1 aromatic carbocycles. The number of amides is 1. The standard InChI is InChI=1S/C13H16BrN3O/c14-6-13(18)17-8-10(15)5-9-7-16-12-4-2-1-3-11(9)12/h1-4,7,10,16H,5-6,8,15H2,(H,17,18)/t10-/m1/s1. The lowest BCUT2D eigenvalue weighted by molar-refractivity contribution is -0.118. The summed E-state index contributed by atoms with van der Waals surface area (Å²) in [5, 5.41) is 4.28. The molecule has 1 aromatic heterocycles. The van der Waals surface area contributed by atoms with Crippen LogP contribution in [0.4, 0.5) is 0 Å². The van der Waals surface area contributed by atoms with Gasteiger partial charge in [0.05, 0.1) is 5.33 Å². The monoisotopic (exact) mass is 309 g/mol. The number of nitrogens with two attached hydrogens (primary N) is 1. The van der Waals surface area contributed by atoms with Crippen molar-refractivity contribution < 1.29 is 4.79 Å². The zero-order valence-corrected chi connectivity index (χ0v) is 11.5. The van der Waals surface area contributed by atoms with Gasteiger partial charge in [-0.1, -0.05) is 34.1 Å². The van der Waals surface area contributed by atoms with E-state index in [-0.39, 0.29) is 11.9 Å². The summed E-state index contributed by atoms with van der Waals surface area (Å²) in [6.07, 6.45) is 2.73. The number of hydrogen-bond acceptors (Lipinski definition) is 2. The average Bonchev–Trinajstić information content (AvgIpc) is 2.79. The molecule has 0 saturated heterocycles. The van der Waals surface area contributed by atoms with Crippen LogP contribution in [0.1, 0.15) is 5.56 Å². The third-order valence-electron chi connectivity index (χ3n) is 2.84. The van der Waals surface area contributed by atoms with Crippen molar-refractivity contribution in [3.63, 3.8) is 0 Å². The molecule has 18 heavy (non-hydrogen) atoms. The number of benzene rings is 1. The van der Waals surface area contributed by atoms with E-state index in [0.717, 1.165) is 11.9 Å². The summed E-state index contributed by atoms with van der Waals surface area (Å²) in [6, 6.07) is 8.05. The molecule has 0 saturated carbocycles. The van der Waals surface area contributed by atoms with Crippen molar-refractivity contribution in [1.82, 2.24) is 10.3 Å². The number of alkyl halides is 1. The van der Waals surface area contributed by atoms with Crippen molar-refractivity contribution in [3.8, 4) is 0 Å². The summed E-state index contributed by atoms with van der Waals surface area (Å²) in [5.74, 6) is -0.0376. The lowest BCUT2D eigenvalue weighted by Gasteiger charge is -2.11. The summed E-state index contributed by atoms with van der Waals surface area (Å²) in [5.41, 5.74) is 8.32. The average molecular weight is 310 g/mol. The normalized spacial score (nSPS) is 12.6. The van der Waals surface area contributed by atoms with Gasteiger partial charge >= 0.3 is 0 Å². The number of hydrogen-bond donors (Lipinski definition) is 3. The zero-order chi connectivity index (χ0) is 13.0. The first-order chi connectivity index (χ1) is 8.70. The SMILES string of the molecule is N[C@@H](CNC(=O)CBr)Cc1c[nH]c2ccccc12. The minimum absolute atomic E-state index is 0.0376. The molecule has 0 spiro atoms. The van der Waals surface area contributed by atoms with Crippen molar-refractivity contribution in [2.75, 3.05) is 11.9 Å². The van der Waals surface area contributed by atoms with Gasteiger partial charge in [-0.15, -0.1) is 0 Å². The number of H-pyrrole nitrogens is 1. The van der Waals surface area contributed by atoms with E-state index in [1.807, 2.05) is 24.4 Å². The summed E-state index contributed by atoms with van der Waals surface area (Å²) < 4.78 is 0. The van der Waals surface area contributed by atoms with Crippen molar-refractivity contribution in [1.29, 1.82) is 0 Å². The Kier molecular flexibility index (Phi) is 4.38. The van der Waals surface area contributed by atoms with E-state index in [1.165, 1.54) is 10.9 Å². The Morgan fingerprint density at radius 1 is 1.44 bits per heavy atom. The number of aromatic nitrogens is 1. The second-order valence-electron chi connectivity index (χ2n) is 4.26. The first-order valence-electron chi connectivity index (χ1n) is 5.84. The van der Waals surface area contributed by atoms with Gasteiger partial charge in [-0.3, -0.25) is 4.79 Å². The predicted octanol–water partition coefficient (Wildman–Crippen LogP) is 1.55. The predicted molar refractivity (Wildman–Crippen MR) is 76.8 cm³/mol. The maximum Gasteiger partial charge on any atom is 0.230 e. The molecule has 1 heterocycles. The highest BCUT2D eigenvalue weighted by Gasteiger charge is 2.09. The van der Waals surface area contributed by atoms with Crippen LogP contribution in [0.2, 0.25) is 0 Å². The van der Waals surface area contributed by atoms with Gasteiger partial charge in [0.2, 0.25) is 5.91 Å². The fourth-order valence-electron chi connectivity index (χ4n) is 1.95. The maximum absolute atomic E-state index is 11.1. The molecule has 5 heteroatoms. The van der Waals surface area contributed by atoms with E-state index in [9.17, 15) is 4.79 Å². The second kappa shape index (κ2) is 6.02. The molecule has 0 unspecified atom stereocenters. The van der Waals surface area contributed by atoms with Gasteiger partial charge in [0, 0.05) is 29.7 Å². The van der Waals surface area contributed by atoms with Gasteiger partial charge in [0.1, 0.15) is 0 Å². The number of aromatic amines is 1. The van der Waals surface area contributed by atoms with Crippen LogP contribution in [0, 0.1) is 0 Å². The Balaban J connectivity index is 1.98. The van der Waals surface area contributed by atoms with Crippen LogP contribution in [-0.2, 0) is 11.2 Å². The van der Waals surface area contributed by atoms with Crippen molar-refractivity contribution in [2.45, 2.75) is 12.5 Å². The largest absolute Gasteiger partial charge is 0.361 e. The summed E-state index contributed by atoms with van der Waals surface area (Å²) in [4.78, 5) is 14.3. The molecule has 1 atom stereocenters. The van der Waals surface area contributed by atoms with E-state index in [2.05, 4.69) is 32.3 Å². The molecule has 0 aliphatic heterocycles. The molecule has 2 aromatic rings. The third kappa shape index (κ3) is 3.11. The molecule has 96 valence electrons. The minimum atomic E-state index is -0.0767. The van der Waals surface area contributed by atoms with E-state index < -0.39 is 0 Å². The van der Waals surface area contributed by atoms with E-state index in [1.54, 1.807) is 0 Å². The molecule has 0 aliphatic carbocycles. The van der Waals surface area contributed by atoms with Gasteiger partial charge in [0.15, 0.2) is 0 Å². The molecule has 1 amide bonds. The van der Waals surface area contributed by atoms with Crippen molar-refractivity contribution >= 4 is 32.7 Å². The number of carbonyl (C=O) groups is 1. The number of nitrogens with one attached hydrogen (secondary N) is 2. The van der Waals surface area contributed by atoms with Gasteiger partial charge in [-0.05, 0) is 18.1 Å². The van der Waals surface area contributed by atoms with E-state index in [4.69, 9.17) is 5.73 Å². The molecular formula is C13H16BrN3O. The molecule has 2 rings (SSSR count). The lowest BCUT2D eigenvalue weighted by atomic mass is 10.1. The zero-order valence-electron chi connectivity index (χ0n) is 9.95. The van der Waals surface area contributed by atoms with Gasteiger partial charge in [-0.25, -0.2) is 0 Å². The van der Waals surface area contributed by atoms with Crippen LogP contribution < -0.4 is 11.1 Å². The maximum atomic E-state index is 11.1. The Labute approximate surface area is 114 Å². The number of halogens is 1.